The van der Waals surface area contributed by atoms with E-state index in [1.165, 1.54) is 5.56 Å². The summed E-state index contributed by atoms with van der Waals surface area (Å²) in [6.07, 6.45) is 0. The van der Waals surface area contributed by atoms with Crippen LogP contribution in [0.4, 0.5) is 34.1 Å². The van der Waals surface area contributed by atoms with Gasteiger partial charge in [0.05, 0.1) is 55.4 Å². The van der Waals surface area contributed by atoms with E-state index < -0.39 is 36.3 Å². The Bertz CT molecular complexity index is 6280. The molecule has 96 heavy (non-hydrogen) atoms. The van der Waals surface area contributed by atoms with Gasteiger partial charge >= 0.3 is 0 Å². The summed E-state index contributed by atoms with van der Waals surface area (Å²) in [5, 5.41) is 4.63. The molecule has 0 aliphatic carbocycles. The zero-order chi connectivity index (χ0) is 72.1. The summed E-state index contributed by atoms with van der Waals surface area (Å²) in [4.78, 5) is 4.96. The molecular weight excluding hydrogens is 1160 g/mol. The maximum atomic E-state index is 9.72. The van der Waals surface area contributed by atoms with E-state index >= 15 is 0 Å². The van der Waals surface area contributed by atoms with Crippen LogP contribution >= 0.6 is 0 Å². The molecule has 5 nitrogen and oxygen atoms in total. The molecular formula is C90H74BN5. The lowest BCUT2D eigenvalue weighted by Gasteiger charge is -2.46. The first kappa shape index (κ1) is 49.5. The molecule has 0 amide bonds. The standard InChI is InChI=1S/C90H74BN5/c1-88(2,3)59-41-47-79(69(49-59)57-27-13-10-14-28-57)95-83-53-63(93-75-37-23-19-33-65(75)66-34-20-24-38-76(66)93)43-45-73(83)91-74-46-44-64(94-78-40-26-22-36-68(78)72-55-81-71(56-82(72)94)67-35-21-25-39-77(67)92(81)62-31-17-12-18-32-62)54-84(74)96(86-52-61(90(7,8)9)51-85(95)87(86)91)80-48-42-60(89(4,5)6)50-70(80)58-29-15-11-16-30-58/h10-56H,1-9H3/i19D,20D,23D,24D,33D,34D,37D,38D. The maximum Gasteiger partial charge on any atom is 0.252 e. The fourth-order valence-electron chi connectivity index (χ4n) is 15.5. The number of anilines is 6. The quantitative estimate of drug-likeness (QED) is 0.148. The van der Waals surface area contributed by atoms with Crippen molar-refractivity contribution in [1.29, 1.82) is 0 Å². The second kappa shape index (κ2) is 21.2. The van der Waals surface area contributed by atoms with E-state index in [9.17, 15) is 8.22 Å². The molecule has 0 fully saturated rings. The predicted molar refractivity (Wildman–Crippen MR) is 410 cm³/mol. The van der Waals surface area contributed by atoms with Crippen molar-refractivity contribution in [3.8, 4) is 39.3 Å². The van der Waals surface area contributed by atoms with E-state index in [0.29, 0.717) is 5.69 Å². The highest BCUT2D eigenvalue weighted by molar-refractivity contribution is 7.00. The van der Waals surface area contributed by atoms with Gasteiger partial charge in [-0.2, -0.15) is 0 Å². The normalized spacial score (nSPS) is 14.4. The lowest BCUT2D eigenvalue weighted by molar-refractivity contribution is 0.590. The van der Waals surface area contributed by atoms with Gasteiger partial charge in [-0.05, 0) is 170 Å². The largest absolute Gasteiger partial charge is 0.311 e. The van der Waals surface area contributed by atoms with Gasteiger partial charge in [0.25, 0.3) is 6.71 Å². The Hall–Kier alpha value is -11.1. The smallest absolute Gasteiger partial charge is 0.252 e. The number of hydrogen-bond acceptors (Lipinski definition) is 2. The molecule has 0 radical (unpaired) electrons. The fourth-order valence-corrected chi connectivity index (χ4v) is 15.5. The van der Waals surface area contributed by atoms with Crippen LogP contribution in [-0.4, -0.2) is 20.4 Å². The average molecular weight is 1240 g/mol. The molecule has 0 unspecified atom stereocenters. The molecule has 0 saturated carbocycles. The summed E-state index contributed by atoms with van der Waals surface area (Å²) >= 11 is 0. The number of nitrogens with zero attached hydrogens (tertiary/aromatic N) is 5. The highest BCUT2D eigenvalue weighted by Gasteiger charge is 2.46. The Kier molecular flexibility index (Phi) is 10.9. The Morgan fingerprint density at radius 3 is 1.12 bits per heavy atom. The number of rotatable bonds is 7. The maximum absolute atomic E-state index is 9.72. The van der Waals surface area contributed by atoms with Crippen LogP contribution in [0.25, 0.3) is 105 Å². The molecule has 2 aliphatic heterocycles. The van der Waals surface area contributed by atoms with E-state index in [1.807, 2.05) is 12.1 Å². The lowest BCUT2D eigenvalue weighted by atomic mass is 9.33. The van der Waals surface area contributed by atoms with Gasteiger partial charge in [0.2, 0.25) is 0 Å². The summed E-state index contributed by atoms with van der Waals surface area (Å²) in [6.45, 7) is 19.9. The third-order valence-corrected chi connectivity index (χ3v) is 20.3. The average Bonchev–Trinajstić information content (AvgIpc) is 0.836. The highest BCUT2D eigenvalue weighted by Crippen LogP contribution is 2.52. The lowest BCUT2D eigenvalue weighted by Crippen LogP contribution is -2.61. The van der Waals surface area contributed by atoms with Crippen LogP contribution in [0, 0.1) is 0 Å². The Morgan fingerprint density at radius 1 is 0.281 bits per heavy atom. The molecule has 3 aromatic heterocycles. The van der Waals surface area contributed by atoms with Crippen molar-refractivity contribution in [1.82, 2.24) is 13.7 Å². The summed E-state index contributed by atoms with van der Waals surface area (Å²) in [6, 6.07) is 82.8. The van der Waals surface area contributed by atoms with Gasteiger partial charge in [0.1, 0.15) is 0 Å². The first-order chi connectivity index (χ1) is 49.9. The monoisotopic (exact) mass is 1240 g/mol. The Morgan fingerprint density at radius 2 is 0.677 bits per heavy atom. The van der Waals surface area contributed by atoms with Gasteiger partial charge in [-0.1, -0.05) is 238 Å². The van der Waals surface area contributed by atoms with Crippen LogP contribution in [0.3, 0.4) is 0 Å². The van der Waals surface area contributed by atoms with Crippen LogP contribution in [0.2, 0.25) is 0 Å². The van der Waals surface area contributed by atoms with E-state index in [-0.39, 0.29) is 56.8 Å². The highest BCUT2D eigenvalue weighted by atomic mass is 15.2. The van der Waals surface area contributed by atoms with Crippen molar-refractivity contribution in [2.24, 2.45) is 0 Å². The minimum Gasteiger partial charge on any atom is -0.311 e. The summed E-state index contributed by atoms with van der Waals surface area (Å²) in [5.74, 6) is 0. The minimum atomic E-state index is -0.489. The SMILES string of the molecule is [2H]c1c([2H])c([2H])c2c(c1[2H])c1c([2H])c([2H])c([2H])c([2H])c1n2-c1ccc2c(c1)N(c1ccc(C(C)(C)C)cc1-c1ccccc1)c1cc(C(C)(C)C)cc3c1B2c1ccc(-n2c4ccccc4c4cc5c(cc42)c2ccccc2n5-c2ccccc2)cc1N3c1ccc(C(C)(C)C)cc1-c1ccccc1. The Labute approximate surface area is 573 Å². The van der Waals surface area contributed by atoms with Crippen LogP contribution in [0.1, 0.15) is 90.0 Å². The van der Waals surface area contributed by atoms with Crippen LogP contribution < -0.4 is 26.2 Å². The number of benzene rings is 13. The zero-order valence-electron chi connectivity index (χ0n) is 63.3. The van der Waals surface area contributed by atoms with Gasteiger partial charge in [-0.15, -0.1) is 0 Å². The first-order valence-electron chi connectivity index (χ1n) is 37.4. The van der Waals surface area contributed by atoms with Gasteiger partial charge in [0, 0.05) is 83.3 Å². The second-order valence-electron chi connectivity index (χ2n) is 29.2. The second-order valence-corrected chi connectivity index (χ2v) is 29.2. The predicted octanol–water partition coefficient (Wildman–Crippen LogP) is 22.3. The van der Waals surface area contributed by atoms with Crippen molar-refractivity contribution < 1.29 is 11.0 Å². The van der Waals surface area contributed by atoms with E-state index in [0.717, 1.165) is 139 Å². The summed E-state index contributed by atoms with van der Waals surface area (Å²) in [7, 11) is 0. The number of aromatic nitrogens is 3. The molecule has 2 aliphatic rings. The van der Waals surface area contributed by atoms with Crippen LogP contribution in [0.5, 0.6) is 0 Å². The van der Waals surface area contributed by atoms with Crippen molar-refractivity contribution >= 4 is 123 Å². The van der Waals surface area contributed by atoms with Crippen molar-refractivity contribution in [3.05, 3.63) is 302 Å². The zero-order valence-corrected chi connectivity index (χ0v) is 55.3. The molecule has 0 atom stereocenters. The summed E-state index contributed by atoms with van der Waals surface area (Å²) in [5.41, 5.74) is 22.6. The van der Waals surface area contributed by atoms with Gasteiger partial charge in [0.15, 0.2) is 0 Å². The van der Waals surface area contributed by atoms with Gasteiger partial charge in [-0.3, -0.25) is 0 Å². The van der Waals surface area contributed by atoms with Crippen molar-refractivity contribution in [3.63, 3.8) is 0 Å². The third kappa shape index (κ3) is 8.84. The van der Waals surface area contributed by atoms with Gasteiger partial charge in [-0.25, -0.2) is 0 Å². The van der Waals surface area contributed by atoms with E-state index in [1.54, 1.807) is 4.57 Å². The van der Waals surface area contributed by atoms with Crippen molar-refractivity contribution in [2.45, 2.75) is 78.6 Å². The first-order valence-corrected chi connectivity index (χ1v) is 33.4. The molecule has 462 valence electrons. The molecule has 0 spiro atoms. The molecule has 5 heterocycles. The Balaban J connectivity index is 0.990. The molecule has 6 heteroatoms. The topological polar surface area (TPSA) is 21.3 Å². The minimum absolute atomic E-state index is 0.0237. The van der Waals surface area contributed by atoms with E-state index in [4.69, 9.17) is 2.74 Å². The molecule has 13 aromatic carbocycles. The molecule has 16 aromatic rings. The van der Waals surface area contributed by atoms with Crippen LogP contribution in [0.15, 0.2) is 285 Å². The number of para-hydroxylation sites is 5. The molecule has 0 bridgehead atoms. The van der Waals surface area contributed by atoms with Crippen LogP contribution in [-0.2, 0) is 16.2 Å². The third-order valence-electron chi connectivity index (χ3n) is 20.3. The molecule has 0 N–H and O–H groups in total. The fraction of sp³-hybridized carbons (Fsp3) is 0.133. The van der Waals surface area contributed by atoms with Crippen molar-refractivity contribution in [2.75, 3.05) is 9.80 Å². The summed E-state index contributed by atoms with van der Waals surface area (Å²) < 4.78 is 81.2. The molecule has 0 saturated heterocycles. The number of fused-ring (bicyclic) bond motifs is 13. The molecule has 18 rings (SSSR count). The number of hydrogen-bond donors (Lipinski definition) is 0. The van der Waals surface area contributed by atoms with E-state index in [2.05, 4.69) is 306 Å². The van der Waals surface area contributed by atoms with Gasteiger partial charge < -0.3 is 23.5 Å².